The van der Waals surface area contributed by atoms with Crippen molar-refractivity contribution < 1.29 is 9.15 Å². The molecule has 0 aliphatic carbocycles. The number of rotatable bonds is 3. The minimum absolute atomic E-state index is 0.442. The van der Waals surface area contributed by atoms with Crippen molar-refractivity contribution in [2.24, 2.45) is 0 Å². The summed E-state index contributed by atoms with van der Waals surface area (Å²) in [6.45, 7) is 0.442. The number of hydrogen-bond acceptors (Lipinski definition) is 3. The van der Waals surface area contributed by atoms with Gasteiger partial charge in [0.05, 0.1) is 11.1 Å². The van der Waals surface area contributed by atoms with E-state index < -0.39 is 0 Å². The summed E-state index contributed by atoms with van der Waals surface area (Å²) in [5.41, 5.74) is 9.30. The van der Waals surface area contributed by atoms with E-state index in [1.54, 1.807) is 12.1 Å². The van der Waals surface area contributed by atoms with Crippen LogP contribution in [0.2, 0.25) is 5.02 Å². The van der Waals surface area contributed by atoms with E-state index in [1.807, 2.05) is 48.5 Å². The number of halogens is 1. The molecule has 0 amide bonds. The molecule has 0 bridgehead atoms. The Kier molecular flexibility index (Phi) is 3.36. The molecule has 3 nitrogen and oxygen atoms in total. The fourth-order valence-corrected chi connectivity index (χ4v) is 2.88. The molecule has 0 spiro atoms. The highest BCUT2D eigenvalue weighted by atomic mass is 35.5. The zero-order valence-corrected chi connectivity index (χ0v) is 13.0. The van der Waals surface area contributed by atoms with Crippen molar-refractivity contribution in [1.29, 1.82) is 0 Å². The van der Waals surface area contributed by atoms with Gasteiger partial charge in [0.25, 0.3) is 0 Å². The highest BCUT2D eigenvalue weighted by molar-refractivity contribution is 6.31. The van der Waals surface area contributed by atoms with Gasteiger partial charge in [0.1, 0.15) is 17.8 Å². The van der Waals surface area contributed by atoms with E-state index in [4.69, 9.17) is 26.5 Å². The van der Waals surface area contributed by atoms with Gasteiger partial charge in [0, 0.05) is 10.4 Å². The van der Waals surface area contributed by atoms with Crippen molar-refractivity contribution in [3.05, 3.63) is 71.2 Å². The topological polar surface area (TPSA) is 48.4 Å². The van der Waals surface area contributed by atoms with E-state index in [9.17, 15) is 0 Å². The van der Waals surface area contributed by atoms with E-state index >= 15 is 0 Å². The minimum atomic E-state index is 0.442. The Morgan fingerprint density at radius 3 is 2.57 bits per heavy atom. The van der Waals surface area contributed by atoms with Gasteiger partial charge in [0.2, 0.25) is 0 Å². The van der Waals surface area contributed by atoms with Crippen LogP contribution in [-0.4, -0.2) is 0 Å². The lowest BCUT2D eigenvalue weighted by Crippen LogP contribution is -1.99. The molecule has 4 aromatic rings. The molecular formula is C19H14ClNO2. The first-order chi connectivity index (χ1) is 11.2. The Balaban J connectivity index is 1.85. The zero-order valence-electron chi connectivity index (χ0n) is 12.3. The molecule has 0 fully saturated rings. The molecule has 114 valence electrons. The van der Waals surface area contributed by atoms with Gasteiger partial charge in [-0.15, -0.1) is 0 Å². The molecule has 0 aliphatic heterocycles. The third-order valence-electron chi connectivity index (χ3n) is 3.81. The number of nitrogen functional groups attached to an aromatic ring is 1. The highest BCUT2D eigenvalue weighted by Crippen LogP contribution is 2.40. The summed E-state index contributed by atoms with van der Waals surface area (Å²) in [5, 5.41) is 2.41. The number of anilines is 1. The maximum Gasteiger partial charge on any atom is 0.154 e. The van der Waals surface area contributed by atoms with E-state index in [2.05, 4.69) is 0 Å². The SMILES string of the molecule is Nc1ccc2oc3ccc(Cl)cc3c2c1OCc1ccccc1. The average Bonchev–Trinajstić information content (AvgIpc) is 2.93. The molecule has 0 radical (unpaired) electrons. The van der Waals surface area contributed by atoms with Crippen molar-refractivity contribution in [2.75, 3.05) is 5.73 Å². The summed E-state index contributed by atoms with van der Waals surface area (Å²) >= 11 is 6.13. The lowest BCUT2D eigenvalue weighted by molar-refractivity contribution is 0.312. The van der Waals surface area contributed by atoms with Crippen LogP contribution < -0.4 is 10.5 Å². The van der Waals surface area contributed by atoms with E-state index in [0.29, 0.717) is 23.1 Å². The Labute approximate surface area is 138 Å². The van der Waals surface area contributed by atoms with Gasteiger partial charge in [-0.2, -0.15) is 0 Å². The van der Waals surface area contributed by atoms with Crippen LogP contribution in [-0.2, 0) is 6.61 Å². The molecular weight excluding hydrogens is 310 g/mol. The number of ether oxygens (including phenoxy) is 1. The molecule has 4 heteroatoms. The maximum atomic E-state index is 6.14. The van der Waals surface area contributed by atoms with Gasteiger partial charge in [-0.05, 0) is 35.9 Å². The number of nitrogens with two attached hydrogens (primary N) is 1. The molecule has 1 heterocycles. The van der Waals surface area contributed by atoms with E-state index in [0.717, 1.165) is 27.5 Å². The second-order valence-electron chi connectivity index (χ2n) is 5.37. The summed E-state index contributed by atoms with van der Waals surface area (Å²) in [5.74, 6) is 0.632. The molecule has 0 saturated carbocycles. The van der Waals surface area contributed by atoms with Crippen LogP contribution in [0.15, 0.2) is 65.1 Å². The monoisotopic (exact) mass is 323 g/mol. The van der Waals surface area contributed by atoms with E-state index in [-0.39, 0.29) is 0 Å². The Morgan fingerprint density at radius 2 is 1.74 bits per heavy atom. The van der Waals surface area contributed by atoms with Crippen LogP contribution in [0.4, 0.5) is 5.69 Å². The summed E-state index contributed by atoms with van der Waals surface area (Å²) < 4.78 is 11.9. The lowest BCUT2D eigenvalue weighted by atomic mass is 10.1. The molecule has 2 N–H and O–H groups in total. The van der Waals surface area contributed by atoms with Gasteiger partial charge >= 0.3 is 0 Å². The van der Waals surface area contributed by atoms with Crippen LogP contribution in [0, 0.1) is 0 Å². The second-order valence-corrected chi connectivity index (χ2v) is 5.81. The molecule has 0 aliphatic rings. The third kappa shape index (κ3) is 2.49. The molecule has 4 rings (SSSR count). The largest absolute Gasteiger partial charge is 0.486 e. The normalized spacial score (nSPS) is 11.2. The van der Waals surface area contributed by atoms with Gasteiger partial charge in [0.15, 0.2) is 5.75 Å². The standard InChI is InChI=1S/C19H14ClNO2/c20-13-6-8-16-14(10-13)18-17(23-16)9-7-15(21)19(18)22-11-12-4-2-1-3-5-12/h1-10H,11,21H2. The average molecular weight is 324 g/mol. The zero-order chi connectivity index (χ0) is 15.8. The molecule has 0 atom stereocenters. The van der Waals surface area contributed by atoms with Crippen molar-refractivity contribution in [3.63, 3.8) is 0 Å². The number of benzene rings is 3. The molecule has 0 saturated heterocycles. The Morgan fingerprint density at radius 1 is 0.957 bits per heavy atom. The lowest BCUT2D eigenvalue weighted by Gasteiger charge is -2.10. The van der Waals surface area contributed by atoms with Crippen molar-refractivity contribution >= 4 is 39.2 Å². The smallest absolute Gasteiger partial charge is 0.154 e. The van der Waals surface area contributed by atoms with E-state index in [1.165, 1.54) is 0 Å². The van der Waals surface area contributed by atoms with Gasteiger partial charge in [-0.1, -0.05) is 41.9 Å². The van der Waals surface area contributed by atoms with Crippen LogP contribution >= 0.6 is 11.6 Å². The van der Waals surface area contributed by atoms with Crippen LogP contribution in [0.1, 0.15) is 5.56 Å². The Bertz CT molecular complexity index is 993. The first-order valence-corrected chi connectivity index (χ1v) is 7.67. The van der Waals surface area contributed by atoms with Crippen LogP contribution in [0.5, 0.6) is 5.75 Å². The summed E-state index contributed by atoms with van der Waals surface area (Å²) in [4.78, 5) is 0. The summed E-state index contributed by atoms with van der Waals surface area (Å²) in [7, 11) is 0. The molecule has 23 heavy (non-hydrogen) atoms. The quantitative estimate of drug-likeness (QED) is 0.513. The number of hydrogen-bond donors (Lipinski definition) is 1. The molecule has 0 unspecified atom stereocenters. The summed E-state index contributed by atoms with van der Waals surface area (Å²) in [6.07, 6.45) is 0. The number of fused-ring (bicyclic) bond motifs is 3. The second kappa shape index (κ2) is 5.52. The Hall–Kier alpha value is -2.65. The van der Waals surface area contributed by atoms with Gasteiger partial charge < -0.3 is 14.9 Å². The predicted molar refractivity (Wildman–Crippen MR) is 93.9 cm³/mol. The number of furan rings is 1. The fourth-order valence-electron chi connectivity index (χ4n) is 2.71. The van der Waals surface area contributed by atoms with Gasteiger partial charge in [-0.3, -0.25) is 0 Å². The first-order valence-electron chi connectivity index (χ1n) is 7.29. The van der Waals surface area contributed by atoms with Crippen LogP contribution in [0.3, 0.4) is 0 Å². The van der Waals surface area contributed by atoms with Crippen LogP contribution in [0.25, 0.3) is 21.9 Å². The van der Waals surface area contributed by atoms with Gasteiger partial charge in [-0.25, -0.2) is 0 Å². The maximum absolute atomic E-state index is 6.14. The minimum Gasteiger partial charge on any atom is -0.486 e. The fraction of sp³-hybridized carbons (Fsp3) is 0.0526. The first kappa shape index (κ1) is 14.0. The van der Waals surface area contributed by atoms with Crippen molar-refractivity contribution in [3.8, 4) is 5.75 Å². The predicted octanol–water partition coefficient (Wildman–Crippen LogP) is 5.40. The van der Waals surface area contributed by atoms with Crippen molar-refractivity contribution in [1.82, 2.24) is 0 Å². The van der Waals surface area contributed by atoms with Crippen molar-refractivity contribution in [2.45, 2.75) is 6.61 Å². The molecule has 1 aromatic heterocycles. The highest BCUT2D eigenvalue weighted by Gasteiger charge is 2.15. The summed E-state index contributed by atoms with van der Waals surface area (Å²) in [6, 6.07) is 19.2. The third-order valence-corrected chi connectivity index (χ3v) is 4.04. The molecule has 3 aromatic carbocycles.